The lowest BCUT2D eigenvalue weighted by Gasteiger charge is -2.38. The molecular formula is C18H26ClN3O3. The zero-order valence-corrected chi connectivity index (χ0v) is 15.2. The van der Waals surface area contributed by atoms with Crippen LogP contribution in [0, 0.1) is 0 Å². The molecule has 0 radical (unpaired) electrons. The van der Waals surface area contributed by atoms with Crippen molar-refractivity contribution >= 4 is 24.2 Å². The van der Waals surface area contributed by atoms with Gasteiger partial charge in [-0.25, -0.2) is 0 Å². The maximum atomic E-state index is 12.9. The summed E-state index contributed by atoms with van der Waals surface area (Å²) in [6, 6.07) is 7.00. The number of morpholine rings is 1. The lowest BCUT2D eigenvalue weighted by atomic mass is 9.99. The zero-order chi connectivity index (χ0) is 16.9. The molecule has 1 aromatic rings. The van der Waals surface area contributed by atoms with Gasteiger partial charge in [0.25, 0.3) is 5.91 Å². The van der Waals surface area contributed by atoms with Crippen LogP contribution < -0.4 is 5.73 Å². The first-order valence-electron chi connectivity index (χ1n) is 8.67. The van der Waals surface area contributed by atoms with E-state index >= 15 is 0 Å². The van der Waals surface area contributed by atoms with Gasteiger partial charge in [0.15, 0.2) is 0 Å². The SMILES string of the molecule is Cl.NCc1ccc(C(=O)N2CCCCC2C(=O)N2CCOCC2)cc1. The Hall–Kier alpha value is -1.63. The van der Waals surface area contributed by atoms with Gasteiger partial charge in [-0.05, 0) is 37.0 Å². The second-order valence-electron chi connectivity index (χ2n) is 6.35. The molecule has 25 heavy (non-hydrogen) atoms. The molecule has 6 nitrogen and oxygen atoms in total. The van der Waals surface area contributed by atoms with E-state index in [-0.39, 0.29) is 30.3 Å². The van der Waals surface area contributed by atoms with Gasteiger partial charge in [-0.2, -0.15) is 0 Å². The number of halogens is 1. The number of nitrogens with zero attached hydrogens (tertiary/aromatic N) is 2. The number of benzene rings is 1. The molecule has 1 atom stereocenters. The Labute approximate surface area is 154 Å². The number of hydrogen-bond donors (Lipinski definition) is 1. The lowest BCUT2D eigenvalue weighted by Crippen LogP contribution is -2.55. The summed E-state index contributed by atoms with van der Waals surface area (Å²) in [6.07, 6.45) is 2.67. The topological polar surface area (TPSA) is 75.9 Å². The quantitative estimate of drug-likeness (QED) is 0.876. The van der Waals surface area contributed by atoms with Crippen molar-refractivity contribution in [1.82, 2.24) is 9.80 Å². The van der Waals surface area contributed by atoms with Crippen molar-refractivity contribution in [3.63, 3.8) is 0 Å². The monoisotopic (exact) mass is 367 g/mol. The molecule has 0 saturated carbocycles. The van der Waals surface area contributed by atoms with E-state index in [1.54, 1.807) is 17.0 Å². The van der Waals surface area contributed by atoms with E-state index in [0.29, 0.717) is 45.0 Å². The van der Waals surface area contributed by atoms with Crippen LogP contribution in [0.1, 0.15) is 35.2 Å². The highest BCUT2D eigenvalue weighted by Gasteiger charge is 2.35. The number of amides is 2. The van der Waals surface area contributed by atoms with Gasteiger partial charge in [-0.15, -0.1) is 12.4 Å². The van der Waals surface area contributed by atoms with Crippen LogP contribution in [0.2, 0.25) is 0 Å². The summed E-state index contributed by atoms with van der Waals surface area (Å²) >= 11 is 0. The van der Waals surface area contributed by atoms with Crippen LogP contribution in [-0.4, -0.2) is 60.5 Å². The van der Waals surface area contributed by atoms with Crippen LogP contribution in [0.5, 0.6) is 0 Å². The average Bonchev–Trinajstić information content (AvgIpc) is 2.67. The van der Waals surface area contributed by atoms with E-state index in [1.165, 1.54) is 0 Å². The fourth-order valence-electron chi connectivity index (χ4n) is 3.38. The van der Waals surface area contributed by atoms with Crippen molar-refractivity contribution in [2.24, 2.45) is 5.73 Å². The number of rotatable bonds is 3. The summed E-state index contributed by atoms with van der Waals surface area (Å²) in [5.74, 6) is -0.00481. The van der Waals surface area contributed by atoms with Crippen molar-refractivity contribution in [1.29, 1.82) is 0 Å². The molecule has 2 fully saturated rings. The molecule has 2 amide bonds. The van der Waals surface area contributed by atoms with Crippen LogP contribution in [0.4, 0.5) is 0 Å². The molecule has 2 heterocycles. The van der Waals surface area contributed by atoms with Gasteiger partial charge < -0.3 is 20.3 Å². The summed E-state index contributed by atoms with van der Waals surface area (Å²) < 4.78 is 5.32. The van der Waals surface area contributed by atoms with Gasteiger partial charge in [0.2, 0.25) is 5.91 Å². The highest BCUT2D eigenvalue weighted by molar-refractivity contribution is 5.97. The normalized spacial score (nSPS) is 20.8. The average molecular weight is 368 g/mol. The predicted octanol–water partition coefficient (Wildman–Crippen LogP) is 1.42. The minimum atomic E-state index is -0.349. The van der Waals surface area contributed by atoms with E-state index < -0.39 is 0 Å². The fraction of sp³-hybridized carbons (Fsp3) is 0.556. The molecule has 2 N–H and O–H groups in total. The third-order valence-electron chi connectivity index (χ3n) is 4.81. The maximum Gasteiger partial charge on any atom is 0.254 e. The molecule has 0 aliphatic carbocycles. The fourth-order valence-corrected chi connectivity index (χ4v) is 3.38. The highest BCUT2D eigenvalue weighted by Crippen LogP contribution is 2.22. The van der Waals surface area contributed by atoms with Crippen LogP contribution >= 0.6 is 12.4 Å². The first-order chi connectivity index (χ1) is 11.7. The second kappa shape index (κ2) is 9.17. The van der Waals surface area contributed by atoms with Crippen molar-refractivity contribution in [3.8, 4) is 0 Å². The van der Waals surface area contributed by atoms with Crippen LogP contribution in [0.15, 0.2) is 24.3 Å². The van der Waals surface area contributed by atoms with Gasteiger partial charge in [0.05, 0.1) is 13.2 Å². The zero-order valence-electron chi connectivity index (χ0n) is 14.4. The minimum Gasteiger partial charge on any atom is -0.378 e. The smallest absolute Gasteiger partial charge is 0.254 e. The first-order valence-corrected chi connectivity index (χ1v) is 8.67. The Kier molecular flexibility index (Phi) is 7.23. The van der Waals surface area contributed by atoms with E-state index in [4.69, 9.17) is 10.5 Å². The molecule has 0 spiro atoms. The Morgan fingerprint density at radius 3 is 2.40 bits per heavy atom. The molecule has 0 aromatic heterocycles. The third-order valence-corrected chi connectivity index (χ3v) is 4.81. The van der Waals surface area contributed by atoms with Crippen molar-refractivity contribution in [2.45, 2.75) is 31.8 Å². The van der Waals surface area contributed by atoms with Gasteiger partial charge in [-0.1, -0.05) is 12.1 Å². The number of piperidine rings is 1. The molecule has 2 aliphatic rings. The van der Waals surface area contributed by atoms with Crippen LogP contribution in [0.3, 0.4) is 0 Å². The van der Waals surface area contributed by atoms with Gasteiger partial charge in [-0.3, -0.25) is 9.59 Å². The summed E-state index contributed by atoms with van der Waals surface area (Å²) in [5, 5.41) is 0. The number of hydrogen-bond acceptors (Lipinski definition) is 4. The van der Waals surface area contributed by atoms with Crippen LogP contribution in [0.25, 0.3) is 0 Å². The molecular weight excluding hydrogens is 342 g/mol. The minimum absolute atomic E-state index is 0. The standard InChI is InChI=1S/C18H25N3O3.ClH/c19-13-14-4-6-15(7-5-14)17(22)21-8-2-1-3-16(21)18(23)20-9-11-24-12-10-20;/h4-7,16H,1-3,8-13,19H2;1H. The summed E-state index contributed by atoms with van der Waals surface area (Å²) in [6.45, 7) is 3.47. The molecule has 1 unspecified atom stereocenters. The summed E-state index contributed by atoms with van der Waals surface area (Å²) in [4.78, 5) is 29.3. The Bertz CT molecular complexity index is 588. The van der Waals surface area contributed by atoms with Crippen molar-refractivity contribution in [3.05, 3.63) is 35.4 Å². The highest BCUT2D eigenvalue weighted by atomic mass is 35.5. The molecule has 138 valence electrons. The van der Waals surface area contributed by atoms with Crippen LogP contribution in [-0.2, 0) is 16.1 Å². The number of carbonyl (C=O) groups is 2. The van der Waals surface area contributed by atoms with Gasteiger partial charge in [0, 0.05) is 31.7 Å². The number of nitrogens with two attached hydrogens (primary N) is 1. The van der Waals surface area contributed by atoms with E-state index in [1.807, 2.05) is 17.0 Å². The largest absolute Gasteiger partial charge is 0.378 e. The number of likely N-dealkylation sites (tertiary alicyclic amines) is 1. The molecule has 0 bridgehead atoms. The lowest BCUT2D eigenvalue weighted by molar-refractivity contribution is -0.141. The van der Waals surface area contributed by atoms with E-state index in [9.17, 15) is 9.59 Å². The van der Waals surface area contributed by atoms with Gasteiger partial charge >= 0.3 is 0 Å². The Morgan fingerprint density at radius 2 is 1.76 bits per heavy atom. The number of carbonyl (C=O) groups excluding carboxylic acids is 2. The maximum absolute atomic E-state index is 12.9. The first kappa shape index (κ1) is 19.7. The van der Waals surface area contributed by atoms with Gasteiger partial charge in [0.1, 0.15) is 6.04 Å². The number of ether oxygens (including phenoxy) is 1. The van der Waals surface area contributed by atoms with E-state index in [2.05, 4.69) is 0 Å². The Morgan fingerprint density at radius 1 is 1.08 bits per heavy atom. The third kappa shape index (κ3) is 4.51. The summed E-state index contributed by atoms with van der Waals surface area (Å²) in [7, 11) is 0. The predicted molar refractivity (Wildman–Crippen MR) is 97.7 cm³/mol. The molecule has 2 saturated heterocycles. The molecule has 7 heteroatoms. The van der Waals surface area contributed by atoms with Crippen molar-refractivity contribution in [2.75, 3.05) is 32.8 Å². The molecule has 1 aromatic carbocycles. The second-order valence-corrected chi connectivity index (χ2v) is 6.35. The summed E-state index contributed by atoms with van der Waals surface area (Å²) in [5.41, 5.74) is 7.22. The molecule has 2 aliphatic heterocycles. The van der Waals surface area contributed by atoms with Crippen molar-refractivity contribution < 1.29 is 14.3 Å². The Balaban J connectivity index is 0.00000225. The van der Waals surface area contributed by atoms with E-state index in [0.717, 1.165) is 24.8 Å². The molecule has 3 rings (SSSR count).